The summed E-state index contributed by atoms with van der Waals surface area (Å²) in [5.41, 5.74) is 4.23. The van der Waals surface area contributed by atoms with Crippen molar-refractivity contribution in [2.75, 3.05) is 18.2 Å². The Hall–Kier alpha value is -3.00. The summed E-state index contributed by atoms with van der Waals surface area (Å²) in [7, 11) is 0. The predicted octanol–water partition coefficient (Wildman–Crippen LogP) is 4.32. The molecule has 2 atom stereocenters. The molecular formula is C26H30N2O5S. The second-order valence-corrected chi connectivity index (χ2v) is 10.9. The van der Waals surface area contributed by atoms with Crippen LogP contribution in [-0.4, -0.2) is 58.3 Å². The van der Waals surface area contributed by atoms with Gasteiger partial charge in [0.15, 0.2) is 0 Å². The number of nitrogens with zero attached hydrogens (tertiary/aromatic N) is 1. The zero-order valence-electron chi connectivity index (χ0n) is 19.6. The molecule has 1 fully saturated rings. The van der Waals surface area contributed by atoms with Crippen molar-refractivity contribution >= 4 is 29.7 Å². The smallest absolute Gasteiger partial charge is 0.407 e. The summed E-state index contributed by atoms with van der Waals surface area (Å²) >= 11 is 1.40. The standard InChI is InChI=1S/C26H30N2O5S/c1-26(2,3)12-21(23(29)28-15-34-14-22(28)24(30)31)27-25(32)33-13-20-18-10-6-4-8-16(18)17-9-5-7-11-19(17)20/h4-11,20-22H,12-15H2,1-3H3,(H,27,32)(H,30,31). The Bertz CT molecular complexity index is 1050. The Morgan fingerprint density at radius 1 is 1.09 bits per heavy atom. The van der Waals surface area contributed by atoms with Gasteiger partial charge in [-0.1, -0.05) is 69.3 Å². The van der Waals surface area contributed by atoms with Crippen LogP contribution in [0.1, 0.15) is 44.2 Å². The quantitative estimate of drug-likeness (QED) is 0.637. The minimum Gasteiger partial charge on any atom is -0.480 e. The maximum atomic E-state index is 13.2. The first kappa shape index (κ1) is 24.1. The summed E-state index contributed by atoms with van der Waals surface area (Å²) < 4.78 is 5.63. The van der Waals surface area contributed by atoms with Crippen LogP contribution in [0.5, 0.6) is 0 Å². The number of hydrogen-bond donors (Lipinski definition) is 2. The molecular weight excluding hydrogens is 452 g/mol. The van der Waals surface area contributed by atoms with E-state index in [1.54, 1.807) is 0 Å². The molecule has 2 aromatic rings. The highest BCUT2D eigenvalue weighted by atomic mass is 32.2. The van der Waals surface area contributed by atoms with Crippen molar-refractivity contribution in [3.8, 4) is 11.1 Å². The fourth-order valence-corrected chi connectivity index (χ4v) is 5.81. The number of alkyl carbamates (subject to hydrolysis) is 1. The molecule has 1 aliphatic carbocycles. The Morgan fingerprint density at radius 3 is 2.24 bits per heavy atom. The van der Waals surface area contributed by atoms with Crippen LogP contribution >= 0.6 is 11.8 Å². The van der Waals surface area contributed by atoms with E-state index in [0.29, 0.717) is 18.1 Å². The lowest BCUT2D eigenvalue weighted by atomic mass is 9.87. The Morgan fingerprint density at radius 2 is 1.68 bits per heavy atom. The molecule has 2 aromatic carbocycles. The van der Waals surface area contributed by atoms with E-state index in [4.69, 9.17) is 4.74 Å². The van der Waals surface area contributed by atoms with Crippen molar-refractivity contribution in [2.45, 2.75) is 45.2 Å². The van der Waals surface area contributed by atoms with E-state index in [9.17, 15) is 19.5 Å². The number of nitrogens with one attached hydrogen (secondary N) is 1. The molecule has 0 bridgehead atoms. The number of aliphatic carboxylic acids is 1. The molecule has 34 heavy (non-hydrogen) atoms. The van der Waals surface area contributed by atoms with Crippen molar-refractivity contribution in [3.05, 3.63) is 59.7 Å². The van der Waals surface area contributed by atoms with Gasteiger partial charge in [-0.15, -0.1) is 11.8 Å². The molecule has 2 N–H and O–H groups in total. The van der Waals surface area contributed by atoms with Crippen LogP contribution in [0, 0.1) is 5.41 Å². The molecule has 180 valence electrons. The first-order valence-electron chi connectivity index (χ1n) is 11.4. The average molecular weight is 483 g/mol. The van der Waals surface area contributed by atoms with Crippen molar-refractivity contribution in [3.63, 3.8) is 0 Å². The number of rotatable bonds is 6. The second-order valence-electron chi connectivity index (χ2n) is 9.95. The highest BCUT2D eigenvalue weighted by Gasteiger charge is 2.39. The third kappa shape index (κ3) is 5.06. The Balaban J connectivity index is 1.46. The molecule has 2 aliphatic rings. The van der Waals surface area contributed by atoms with Crippen molar-refractivity contribution in [1.82, 2.24) is 10.2 Å². The lowest BCUT2D eigenvalue weighted by Gasteiger charge is -2.30. The van der Waals surface area contributed by atoms with Gasteiger partial charge in [0.05, 0.1) is 5.88 Å². The number of hydrogen-bond acceptors (Lipinski definition) is 5. The molecule has 7 nitrogen and oxygen atoms in total. The largest absolute Gasteiger partial charge is 0.480 e. The van der Waals surface area contributed by atoms with Crippen molar-refractivity contribution in [1.29, 1.82) is 0 Å². The van der Waals surface area contributed by atoms with Crippen LogP contribution < -0.4 is 5.32 Å². The van der Waals surface area contributed by atoms with Gasteiger partial charge in [0, 0.05) is 11.7 Å². The van der Waals surface area contributed by atoms with E-state index in [-0.39, 0.29) is 23.8 Å². The van der Waals surface area contributed by atoms with Crippen molar-refractivity contribution < 1.29 is 24.2 Å². The normalized spacial score (nSPS) is 18.2. The van der Waals surface area contributed by atoms with Crippen LogP contribution in [0.3, 0.4) is 0 Å². The van der Waals surface area contributed by atoms with E-state index in [2.05, 4.69) is 17.4 Å². The van der Waals surface area contributed by atoms with Gasteiger partial charge in [0.1, 0.15) is 18.7 Å². The van der Waals surface area contributed by atoms with E-state index in [1.165, 1.54) is 16.7 Å². The Labute approximate surface area is 203 Å². The first-order valence-corrected chi connectivity index (χ1v) is 12.5. The molecule has 0 radical (unpaired) electrons. The van der Waals surface area contributed by atoms with Crippen LogP contribution in [0.2, 0.25) is 0 Å². The highest BCUT2D eigenvalue weighted by Crippen LogP contribution is 2.44. The molecule has 2 amide bonds. The fourth-order valence-electron chi connectivity index (χ4n) is 4.66. The lowest BCUT2D eigenvalue weighted by Crippen LogP contribution is -2.53. The maximum Gasteiger partial charge on any atom is 0.407 e. The van der Waals surface area contributed by atoms with E-state index in [0.717, 1.165) is 22.3 Å². The van der Waals surface area contributed by atoms with Gasteiger partial charge < -0.3 is 20.1 Å². The SMILES string of the molecule is CC(C)(C)CC(NC(=O)OCC1c2ccccc2-c2ccccc21)C(=O)N1CSCC1C(=O)O. The number of thioether (sulfide) groups is 1. The molecule has 2 unspecified atom stereocenters. The maximum absolute atomic E-state index is 13.2. The van der Waals surface area contributed by atoms with E-state index < -0.39 is 24.1 Å². The summed E-state index contributed by atoms with van der Waals surface area (Å²) in [6.07, 6.45) is -0.313. The lowest BCUT2D eigenvalue weighted by molar-refractivity contribution is -0.148. The van der Waals surface area contributed by atoms with E-state index in [1.807, 2.05) is 57.2 Å². The predicted molar refractivity (Wildman–Crippen MR) is 132 cm³/mol. The van der Waals surface area contributed by atoms with Gasteiger partial charge in [-0.05, 0) is 34.1 Å². The van der Waals surface area contributed by atoms with Gasteiger partial charge >= 0.3 is 12.1 Å². The van der Waals surface area contributed by atoms with Crippen LogP contribution in [0.4, 0.5) is 4.79 Å². The third-order valence-electron chi connectivity index (χ3n) is 6.20. The van der Waals surface area contributed by atoms with Crippen LogP contribution in [0.25, 0.3) is 11.1 Å². The summed E-state index contributed by atoms with van der Waals surface area (Å²) in [5.74, 6) is -0.868. The molecule has 1 saturated heterocycles. The monoisotopic (exact) mass is 482 g/mol. The number of carboxylic acids is 1. The summed E-state index contributed by atoms with van der Waals surface area (Å²) in [4.78, 5) is 39.0. The summed E-state index contributed by atoms with van der Waals surface area (Å²) in [5, 5.41) is 12.2. The number of benzene rings is 2. The molecule has 0 saturated carbocycles. The van der Waals surface area contributed by atoms with Crippen LogP contribution in [-0.2, 0) is 14.3 Å². The third-order valence-corrected chi connectivity index (χ3v) is 7.21. The number of amides is 2. The molecule has 1 aliphatic heterocycles. The highest BCUT2D eigenvalue weighted by molar-refractivity contribution is 7.99. The van der Waals surface area contributed by atoms with Crippen molar-refractivity contribution in [2.24, 2.45) is 5.41 Å². The second kappa shape index (κ2) is 9.70. The minimum absolute atomic E-state index is 0.0821. The van der Waals surface area contributed by atoms with Gasteiger partial charge in [0.2, 0.25) is 5.91 Å². The number of ether oxygens (including phenoxy) is 1. The summed E-state index contributed by atoms with van der Waals surface area (Å²) in [6.45, 7) is 6.06. The number of fused-ring (bicyclic) bond motifs is 3. The zero-order valence-corrected chi connectivity index (χ0v) is 20.4. The number of carbonyl (C=O) groups is 3. The minimum atomic E-state index is -1.03. The van der Waals surface area contributed by atoms with Gasteiger partial charge in [-0.2, -0.15) is 0 Å². The van der Waals surface area contributed by atoms with Crippen LogP contribution in [0.15, 0.2) is 48.5 Å². The van der Waals surface area contributed by atoms with Gasteiger partial charge in [-0.25, -0.2) is 9.59 Å². The fraction of sp³-hybridized carbons (Fsp3) is 0.423. The Kier molecular flexibility index (Phi) is 6.89. The molecule has 0 aromatic heterocycles. The van der Waals surface area contributed by atoms with E-state index >= 15 is 0 Å². The van der Waals surface area contributed by atoms with Gasteiger partial charge in [0.25, 0.3) is 0 Å². The topological polar surface area (TPSA) is 95.9 Å². The summed E-state index contributed by atoms with van der Waals surface area (Å²) in [6, 6.07) is 14.4. The molecule has 8 heteroatoms. The zero-order chi connectivity index (χ0) is 24.5. The molecule has 1 heterocycles. The number of carbonyl (C=O) groups excluding carboxylic acids is 2. The molecule has 4 rings (SSSR count). The number of carboxylic acid groups (broad SMARTS) is 1. The average Bonchev–Trinajstić information content (AvgIpc) is 3.39. The first-order chi connectivity index (χ1) is 16.2. The molecule has 0 spiro atoms. The van der Waals surface area contributed by atoms with Gasteiger partial charge in [-0.3, -0.25) is 4.79 Å².